The van der Waals surface area contributed by atoms with Gasteiger partial charge in [0.25, 0.3) is 0 Å². The Hall–Kier alpha value is -2.19. The molecule has 1 aliphatic heterocycles. The Bertz CT molecular complexity index is 774. The number of hydrogen-bond acceptors (Lipinski definition) is 5. The van der Waals surface area contributed by atoms with Gasteiger partial charge in [-0.3, -0.25) is 9.93 Å². The van der Waals surface area contributed by atoms with Crippen molar-refractivity contribution in [3.63, 3.8) is 0 Å². The highest BCUT2D eigenvalue weighted by molar-refractivity contribution is 7.97. The molecule has 0 aliphatic carbocycles. The molecule has 1 aromatic carbocycles. The molecule has 0 radical (unpaired) electrons. The summed E-state index contributed by atoms with van der Waals surface area (Å²) in [5.41, 5.74) is 0.947. The standard InChI is InChI=1S/C17H18F2N4OS/c18-12-3-4-15(14(19)8-12)23-7-1-2-11(10-23)17(24)22-13-5-6-21-16(9-13)25-20/h3-6,8-9,11H,1-2,7,10,20H2,(H,21,22,24). The van der Waals surface area contributed by atoms with Crippen LogP contribution < -0.4 is 15.4 Å². The molecule has 2 aromatic rings. The fourth-order valence-electron chi connectivity index (χ4n) is 2.94. The zero-order valence-electron chi connectivity index (χ0n) is 13.4. The largest absolute Gasteiger partial charge is 0.368 e. The van der Waals surface area contributed by atoms with Gasteiger partial charge >= 0.3 is 0 Å². The number of piperidine rings is 1. The minimum atomic E-state index is -0.612. The third kappa shape index (κ3) is 4.26. The van der Waals surface area contributed by atoms with Gasteiger partial charge in [-0.2, -0.15) is 0 Å². The molecule has 25 heavy (non-hydrogen) atoms. The summed E-state index contributed by atoms with van der Waals surface area (Å²) in [7, 11) is 0. The van der Waals surface area contributed by atoms with E-state index in [2.05, 4.69) is 10.3 Å². The number of nitrogens with one attached hydrogen (secondary N) is 1. The lowest BCUT2D eigenvalue weighted by Crippen LogP contribution is -2.41. The number of pyridine rings is 1. The molecule has 3 N–H and O–H groups in total. The van der Waals surface area contributed by atoms with Crippen LogP contribution in [0.25, 0.3) is 0 Å². The van der Waals surface area contributed by atoms with Crippen molar-refractivity contribution in [1.29, 1.82) is 0 Å². The molecule has 5 nitrogen and oxygen atoms in total. The van der Waals surface area contributed by atoms with Crippen LogP contribution in [0.15, 0.2) is 41.6 Å². The number of halogens is 2. The van der Waals surface area contributed by atoms with E-state index in [0.29, 0.717) is 35.9 Å². The minimum absolute atomic E-state index is 0.133. The maximum Gasteiger partial charge on any atom is 0.229 e. The average Bonchev–Trinajstić information content (AvgIpc) is 2.62. The van der Waals surface area contributed by atoms with Crippen LogP contribution in [-0.4, -0.2) is 24.0 Å². The quantitative estimate of drug-likeness (QED) is 0.816. The van der Waals surface area contributed by atoms with E-state index in [4.69, 9.17) is 5.14 Å². The van der Waals surface area contributed by atoms with Crippen LogP contribution in [0.3, 0.4) is 0 Å². The number of rotatable bonds is 4. The predicted octanol–water partition coefficient (Wildman–Crippen LogP) is 3.18. The molecule has 2 heterocycles. The molecular formula is C17H18F2N4OS. The van der Waals surface area contributed by atoms with Crippen LogP contribution in [0.2, 0.25) is 0 Å². The normalized spacial score (nSPS) is 17.4. The van der Waals surface area contributed by atoms with Crippen LogP contribution >= 0.6 is 11.9 Å². The van der Waals surface area contributed by atoms with Crippen molar-refractivity contribution < 1.29 is 13.6 Å². The molecule has 1 aromatic heterocycles. The fourth-order valence-corrected chi connectivity index (χ4v) is 3.26. The zero-order chi connectivity index (χ0) is 17.8. The summed E-state index contributed by atoms with van der Waals surface area (Å²) in [6.45, 7) is 1.02. The number of amides is 1. The van der Waals surface area contributed by atoms with E-state index in [9.17, 15) is 13.6 Å². The van der Waals surface area contributed by atoms with Crippen molar-refractivity contribution in [3.05, 3.63) is 48.2 Å². The van der Waals surface area contributed by atoms with E-state index >= 15 is 0 Å². The summed E-state index contributed by atoms with van der Waals surface area (Å²) in [5, 5.41) is 8.93. The molecule has 0 spiro atoms. The maximum absolute atomic E-state index is 14.0. The lowest BCUT2D eigenvalue weighted by molar-refractivity contribution is -0.120. The summed E-state index contributed by atoms with van der Waals surface area (Å²) in [6, 6.07) is 6.90. The number of anilines is 2. The van der Waals surface area contributed by atoms with Gasteiger partial charge in [-0.25, -0.2) is 13.8 Å². The van der Waals surface area contributed by atoms with Gasteiger partial charge in [-0.15, -0.1) is 0 Å². The Morgan fingerprint density at radius 3 is 2.92 bits per heavy atom. The number of benzene rings is 1. The number of hydrogen-bond donors (Lipinski definition) is 2. The number of nitrogens with zero attached hydrogens (tertiary/aromatic N) is 2. The molecule has 1 aliphatic rings. The van der Waals surface area contributed by atoms with Gasteiger partial charge < -0.3 is 10.2 Å². The molecule has 1 unspecified atom stereocenters. The second-order valence-corrected chi connectivity index (χ2v) is 6.52. The van der Waals surface area contributed by atoms with Crippen LogP contribution in [0.5, 0.6) is 0 Å². The monoisotopic (exact) mass is 364 g/mol. The van der Waals surface area contributed by atoms with Gasteiger partial charge in [0, 0.05) is 31.0 Å². The summed E-state index contributed by atoms with van der Waals surface area (Å²) in [6.07, 6.45) is 3.05. The third-order valence-electron chi connectivity index (χ3n) is 4.17. The molecule has 3 rings (SSSR count). The first kappa shape index (κ1) is 17.6. The number of carbonyl (C=O) groups is 1. The summed E-state index contributed by atoms with van der Waals surface area (Å²) >= 11 is 1.00. The molecule has 0 bridgehead atoms. The van der Waals surface area contributed by atoms with Gasteiger partial charge in [0.1, 0.15) is 16.7 Å². The summed E-state index contributed by atoms with van der Waals surface area (Å²) in [5.74, 6) is -1.63. The topological polar surface area (TPSA) is 71.2 Å². The van der Waals surface area contributed by atoms with Gasteiger partial charge in [-0.05, 0) is 49.1 Å². The first-order valence-electron chi connectivity index (χ1n) is 7.90. The van der Waals surface area contributed by atoms with Crippen LogP contribution in [0, 0.1) is 17.6 Å². The molecule has 8 heteroatoms. The molecule has 0 saturated carbocycles. The molecule has 132 valence electrons. The van der Waals surface area contributed by atoms with E-state index in [1.807, 2.05) is 0 Å². The first-order valence-corrected chi connectivity index (χ1v) is 8.78. The highest BCUT2D eigenvalue weighted by Crippen LogP contribution is 2.27. The van der Waals surface area contributed by atoms with E-state index in [0.717, 1.165) is 24.4 Å². The Kier molecular flexibility index (Phi) is 5.50. The van der Waals surface area contributed by atoms with E-state index in [-0.39, 0.29) is 11.8 Å². The Balaban J connectivity index is 1.69. The van der Waals surface area contributed by atoms with Gasteiger partial charge in [0.05, 0.1) is 11.6 Å². The van der Waals surface area contributed by atoms with E-state index < -0.39 is 11.6 Å². The fraction of sp³-hybridized carbons (Fsp3) is 0.294. The zero-order valence-corrected chi connectivity index (χ0v) is 14.2. The van der Waals surface area contributed by atoms with Gasteiger partial charge in [0.2, 0.25) is 5.91 Å². The molecule has 1 amide bonds. The SMILES string of the molecule is NSc1cc(NC(=O)C2CCCN(c3ccc(F)cc3F)C2)ccn1. The highest BCUT2D eigenvalue weighted by atomic mass is 32.2. The van der Waals surface area contributed by atoms with Crippen molar-refractivity contribution in [3.8, 4) is 0 Å². The number of nitrogens with two attached hydrogens (primary N) is 1. The van der Waals surface area contributed by atoms with Gasteiger partial charge in [-0.1, -0.05) is 0 Å². The average molecular weight is 364 g/mol. The summed E-state index contributed by atoms with van der Waals surface area (Å²) in [4.78, 5) is 18.4. The molecule has 1 atom stereocenters. The second-order valence-electron chi connectivity index (χ2n) is 5.87. The lowest BCUT2D eigenvalue weighted by atomic mass is 9.96. The minimum Gasteiger partial charge on any atom is -0.368 e. The number of aromatic nitrogens is 1. The van der Waals surface area contributed by atoms with E-state index in [1.54, 1.807) is 23.2 Å². The lowest BCUT2D eigenvalue weighted by Gasteiger charge is -2.33. The smallest absolute Gasteiger partial charge is 0.229 e. The Morgan fingerprint density at radius 2 is 2.16 bits per heavy atom. The molecule has 1 fully saturated rings. The third-order valence-corrected chi connectivity index (χ3v) is 4.63. The van der Waals surface area contributed by atoms with Crippen LogP contribution in [0.1, 0.15) is 12.8 Å². The second kappa shape index (κ2) is 7.79. The summed E-state index contributed by atoms with van der Waals surface area (Å²) < 4.78 is 27.1. The van der Waals surface area contributed by atoms with Crippen molar-refractivity contribution in [1.82, 2.24) is 4.98 Å². The van der Waals surface area contributed by atoms with Crippen molar-refractivity contribution in [2.45, 2.75) is 17.9 Å². The maximum atomic E-state index is 14.0. The number of carbonyl (C=O) groups excluding carboxylic acids is 1. The highest BCUT2D eigenvalue weighted by Gasteiger charge is 2.27. The van der Waals surface area contributed by atoms with E-state index in [1.165, 1.54) is 12.1 Å². The first-order chi connectivity index (χ1) is 12.1. The van der Waals surface area contributed by atoms with Crippen LogP contribution in [0.4, 0.5) is 20.2 Å². The van der Waals surface area contributed by atoms with Crippen LogP contribution in [-0.2, 0) is 4.79 Å². The molecular weight excluding hydrogens is 346 g/mol. The Morgan fingerprint density at radius 1 is 1.32 bits per heavy atom. The molecule has 1 saturated heterocycles. The van der Waals surface area contributed by atoms with Gasteiger partial charge in [0.15, 0.2) is 0 Å². The van der Waals surface area contributed by atoms with Crippen molar-refractivity contribution in [2.24, 2.45) is 11.1 Å². The van der Waals surface area contributed by atoms with Crippen molar-refractivity contribution >= 4 is 29.2 Å². The van der Waals surface area contributed by atoms with Crippen molar-refractivity contribution in [2.75, 3.05) is 23.3 Å². The Labute approximate surface area is 148 Å². The predicted molar refractivity (Wildman–Crippen MR) is 94.2 cm³/mol.